The third-order valence-corrected chi connectivity index (χ3v) is 7.49. The van der Waals surface area contributed by atoms with Crippen molar-refractivity contribution in [2.45, 2.75) is 19.1 Å². The third kappa shape index (κ3) is 3.23. The molecule has 1 aliphatic carbocycles. The van der Waals surface area contributed by atoms with E-state index in [1.807, 2.05) is 44.3 Å². The number of benzene rings is 1. The number of thiazole rings is 1. The first-order chi connectivity index (χ1) is 14.5. The average Bonchev–Trinajstić information content (AvgIpc) is 3.40. The van der Waals surface area contributed by atoms with Crippen molar-refractivity contribution in [1.29, 1.82) is 0 Å². The molecule has 2 aliphatic rings. The lowest BCUT2D eigenvalue weighted by Crippen LogP contribution is -2.58. The van der Waals surface area contributed by atoms with Gasteiger partial charge in [0, 0.05) is 22.0 Å². The number of thiophene rings is 1. The maximum absolute atomic E-state index is 14.0. The minimum atomic E-state index is -0.544. The van der Waals surface area contributed by atoms with Gasteiger partial charge in [0.15, 0.2) is 0 Å². The maximum Gasteiger partial charge on any atom is 0.237 e. The van der Waals surface area contributed by atoms with Crippen LogP contribution in [0.5, 0.6) is 0 Å². The lowest BCUT2D eigenvalue weighted by Gasteiger charge is -2.48. The first kappa shape index (κ1) is 19.4. The van der Waals surface area contributed by atoms with Crippen molar-refractivity contribution in [3.05, 3.63) is 81.8 Å². The number of hydrogen-bond donors (Lipinski definition) is 0. The number of amides is 1. The number of rotatable bonds is 3. The number of allylic oxidation sites excluding steroid dienone is 2. The molecule has 1 aliphatic heterocycles. The molecular formula is C23H20FN3OS2. The van der Waals surface area contributed by atoms with E-state index in [0.717, 1.165) is 26.1 Å². The number of hydrogen-bond acceptors (Lipinski definition) is 5. The molecule has 1 saturated heterocycles. The summed E-state index contributed by atoms with van der Waals surface area (Å²) in [5, 5.41) is 3.09. The Morgan fingerprint density at radius 2 is 1.93 bits per heavy atom. The molecule has 0 N–H and O–H groups in total. The van der Waals surface area contributed by atoms with Gasteiger partial charge in [0.05, 0.1) is 21.5 Å². The Labute approximate surface area is 182 Å². The van der Waals surface area contributed by atoms with Crippen molar-refractivity contribution in [3.8, 4) is 10.6 Å². The highest BCUT2D eigenvalue weighted by Gasteiger charge is 2.46. The van der Waals surface area contributed by atoms with E-state index in [0.29, 0.717) is 0 Å². The largest absolute Gasteiger partial charge is 0.291 e. The van der Waals surface area contributed by atoms with E-state index in [1.54, 1.807) is 33.6 Å². The second-order valence-electron chi connectivity index (χ2n) is 7.46. The van der Waals surface area contributed by atoms with E-state index in [9.17, 15) is 9.18 Å². The topological polar surface area (TPSA) is 36.4 Å². The first-order valence-electron chi connectivity index (χ1n) is 9.71. The Bertz CT molecular complexity index is 1150. The van der Waals surface area contributed by atoms with Crippen molar-refractivity contribution in [2.75, 3.05) is 11.9 Å². The molecule has 4 nitrogen and oxygen atoms in total. The van der Waals surface area contributed by atoms with Crippen molar-refractivity contribution >= 4 is 34.3 Å². The molecule has 2 aromatic heterocycles. The van der Waals surface area contributed by atoms with Crippen LogP contribution >= 0.6 is 22.7 Å². The van der Waals surface area contributed by atoms with Crippen LogP contribution in [0.1, 0.15) is 16.1 Å². The van der Waals surface area contributed by atoms with E-state index in [2.05, 4.69) is 27.4 Å². The summed E-state index contributed by atoms with van der Waals surface area (Å²) in [5.74, 6) is -0.993. The summed E-state index contributed by atoms with van der Waals surface area (Å²) in [7, 11) is 2.00. The van der Waals surface area contributed by atoms with Gasteiger partial charge in [-0.3, -0.25) is 14.6 Å². The number of nitrogens with zero attached hydrogens (tertiary/aromatic N) is 3. The number of para-hydroxylation sites is 1. The van der Waals surface area contributed by atoms with Gasteiger partial charge in [-0.2, -0.15) is 0 Å². The summed E-state index contributed by atoms with van der Waals surface area (Å²) in [6, 6.07) is 13.6. The maximum atomic E-state index is 14.0. The summed E-state index contributed by atoms with van der Waals surface area (Å²) in [5.41, 5.74) is 1.77. The molecule has 0 saturated carbocycles. The summed E-state index contributed by atoms with van der Waals surface area (Å²) >= 11 is 3.27. The van der Waals surface area contributed by atoms with Gasteiger partial charge in [-0.25, -0.2) is 9.37 Å². The number of carbonyl (C=O) groups excluding carboxylic acids is 1. The highest BCUT2D eigenvalue weighted by atomic mass is 32.1. The Balaban J connectivity index is 1.60. The van der Waals surface area contributed by atoms with Crippen molar-refractivity contribution in [3.63, 3.8) is 0 Å². The zero-order valence-electron chi connectivity index (χ0n) is 16.5. The van der Waals surface area contributed by atoms with Crippen LogP contribution < -0.4 is 4.90 Å². The highest BCUT2D eigenvalue weighted by molar-refractivity contribution is 7.16. The number of aryl methyl sites for hydroxylation is 1. The first-order valence-corrected chi connectivity index (χ1v) is 11.4. The quantitative estimate of drug-likeness (QED) is 0.538. The zero-order chi connectivity index (χ0) is 20.8. The molecule has 0 radical (unpaired) electrons. The van der Waals surface area contributed by atoms with E-state index >= 15 is 0 Å². The Morgan fingerprint density at radius 3 is 2.67 bits per heavy atom. The van der Waals surface area contributed by atoms with Crippen molar-refractivity contribution in [2.24, 2.45) is 5.92 Å². The summed E-state index contributed by atoms with van der Waals surface area (Å²) in [6.07, 6.45) is 4.41. The predicted molar refractivity (Wildman–Crippen MR) is 120 cm³/mol. The smallest absolute Gasteiger partial charge is 0.237 e. The van der Waals surface area contributed by atoms with E-state index in [4.69, 9.17) is 0 Å². The molecule has 0 spiro atoms. The lowest BCUT2D eigenvalue weighted by atomic mass is 9.88. The van der Waals surface area contributed by atoms with Gasteiger partial charge in [0.2, 0.25) is 5.91 Å². The molecule has 3 heterocycles. The number of likely N-dealkylation sites (N-methyl/N-ethyl adjacent to an activating group) is 1. The molecule has 0 bridgehead atoms. The van der Waals surface area contributed by atoms with Gasteiger partial charge >= 0.3 is 0 Å². The van der Waals surface area contributed by atoms with Crippen LogP contribution in [0.25, 0.3) is 10.6 Å². The van der Waals surface area contributed by atoms with Crippen LogP contribution in [0.15, 0.2) is 71.9 Å². The number of carbonyl (C=O) groups is 1. The highest BCUT2D eigenvalue weighted by Crippen LogP contribution is 2.43. The van der Waals surface area contributed by atoms with Gasteiger partial charge in [0.1, 0.15) is 12.0 Å². The molecule has 7 heteroatoms. The molecule has 5 rings (SSSR count). The van der Waals surface area contributed by atoms with Gasteiger partial charge in [-0.15, -0.1) is 22.7 Å². The van der Waals surface area contributed by atoms with E-state index < -0.39 is 5.92 Å². The molecule has 1 aromatic carbocycles. The number of fused-ring (bicyclic) bond motifs is 1. The normalized spacial score (nSPS) is 24.1. The number of anilines is 1. The summed E-state index contributed by atoms with van der Waals surface area (Å²) in [6.45, 7) is 2.00. The van der Waals surface area contributed by atoms with Crippen LogP contribution in [0.4, 0.5) is 10.1 Å². The molecule has 3 aromatic rings. The molecule has 1 fully saturated rings. The minimum absolute atomic E-state index is 0.0896. The zero-order valence-corrected chi connectivity index (χ0v) is 18.2. The fourth-order valence-corrected chi connectivity index (χ4v) is 5.96. The van der Waals surface area contributed by atoms with Crippen LogP contribution in [0.3, 0.4) is 0 Å². The fraction of sp³-hybridized carbons (Fsp3) is 0.217. The van der Waals surface area contributed by atoms with Crippen LogP contribution in [-0.2, 0) is 4.79 Å². The van der Waals surface area contributed by atoms with E-state index in [-0.39, 0.29) is 23.9 Å². The summed E-state index contributed by atoms with van der Waals surface area (Å²) < 4.78 is 14.0. The summed E-state index contributed by atoms with van der Waals surface area (Å²) in [4.78, 5) is 24.2. The lowest BCUT2D eigenvalue weighted by molar-refractivity contribution is -0.127. The van der Waals surface area contributed by atoms with Crippen molar-refractivity contribution < 1.29 is 9.18 Å². The SMILES string of the molecule is Cc1nc(-c2ccc(C3N(c4ccccc4)C(=O)C4C=C(F)C=CC4N3C)s2)cs1. The monoisotopic (exact) mass is 437 g/mol. The predicted octanol–water partition coefficient (Wildman–Crippen LogP) is 5.57. The van der Waals surface area contributed by atoms with Crippen LogP contribution in [-0.4, -0.2) is 28.9 Å². The van der Waals surface area contributed by atoms with Gasteiger partial charge in [-0.05, 0) is 50.4 Å². The second-order valence-corrected chi connectivity index (χ2v) is 9.64. The second kappa shape index (κ2) is 7.58. The molecular weight excluding hydrogens is 417 g/mol. The molecule has 1 amide bonds. The fourth-order valence-electron chi connectivity index (χ4n) is 4.16. The minimum Gasteiger partial charge on any atom is -0.291 e. The number of halogens is 1. The molecule has 3 atom stereocenters. The van der Waals surface area contributed by atoms with Gasteiger partial charge in [-0.1, -0.05) is 24.3 Å². The van der Waals surface area contributed by atoms with Gasteiger partial charge < -0.3 is 0 Å². The molecule has 3 unspecified atom stereocenters. The Morgan fingerprint density at radius 1 is 1.13 bits per heavy atom. The van der Waals surface area contributed by atoms with Crippen LogP contribution in [0, 0.1) is 12.8 Å². The van der Waals surface area contributed by atoms with E-state index in [1.165, 1.54) is 12.2 Å². The molecule has 152 valence electrons. The van der Waals surface area contributed by atoms with Crippen LogP contribution in [0.2, 0.25) is 0 Å². The average molecular weight is 438 g/mol. The Kier molecular flexibility index (Phi) is 4.89. The van der Waals surface area contributed by atoms with Crippen molar-refractivity contribution in [1.82, 2.24) is 9.88 Å². The third-order valence-electron chi connectivity index (χ3n) is 5.57. The Hall–Kier alpha value is -2.61. The molecule has 30 heavy (non-hydrogen) atoms. The number of aromatic nitrogens is 1. The standard InChI is InChI=1S/C23H20FN3OS2/c1-14-25-18(13-29-14)20-10-11-21(30-20)22-26(2)19-9-8-15(24)12-17(19)23(28)27(22)16-6-4-3-5-7-16/h3-13,17,19,22H,1-2H3. The van der Waals surface area contributed by atoms with Gasteiger partial charge in [0.25, 0.3) is 0 Å².